The smallest absolute Gasteiger partial charge is 0.273 e. The quantitative estimate of drug-likeness (QED) is 0.262. The van der Waals surface area contributed by atoms with Crippen LogP contribution in [0.2, 0.25) is 0 Å². The topological polar surface area (TPSA) is 53.1 Å². The average Bonchev–Trinajstić information content (AvgIpc) is 2.33. The third kappa shape index (κ3) is 1.75. The molecule has 1 aliphatic heterocycles. The molecule has 1 aliphatic rings. The molecule has 0 spiro atoms. The number of likely N-dealkylation sites (N-methyl/N-ethyl adjacent to an activating group) is 1. The van der Waals surface area contributed by atoms with Crippen LogP contribution in [0.15, 0.2) is 0 Å². The van der Waals surface area contributed by atoms with E-state index in [2.05, 4.69) is 22.2 Å². The Balaban J connectivity index is 0.000000810. The zero-order valence-electron chi connectivity index (χ0n) is 6.05. The maximum atomic E-state index is 5.21. The van der Waals surface area contributed by atoms with E-state index in [0.29, 0.717) is 0 Å². The van der Waals surface area contributed by atoms with Crippen molar-refractivity contribution in [3.63, 3.8) is 0 Å². The maximum absolute atomic E-state index is 5.21. The van der Waals surface area contributed by atoms with Crippen LogP contribution in [-0.4, -0.2) is 30.2 Å². The van der Waals surface area contributed by atoms with Gasteiger partial charge in [0.2, 0.25) is 0 Å². The molecule has 1 heterocycles. The molecule has 1 rings (SSSR count). The van der Waals surface area contributed by atoms with Crippen LogP contribution in [0.4, 0.5) is 0 Å². The predicted octanol–water partition coefficient (Wildman–Crippen LogP) is -1.14. The fourth-order valence-electron chi connectivity index (χ4n) is 0.991. The Hall–Kier alpha value is -0.480. The molecular weight excluding hydrogens is 152 g/mol. The van der Waals surface area contributed by atoms with Gasteiger partial charge in [-0.3, -0.25) is 9.89 Å². The van der Waals surface area contributed by atoms with Crippen LogP contribution in [0.25, 0.3) is 0 Å². The van der Waals surface area contributed by atoms with Crippen LogP contribution in [0.3, 0.4) is 0 Å². The second-order valence-electron chi connectivity index (χ2n) is 2.00. The zero-order chi connectivity index (χ0) is 6.69. The summed E-state index contributed by atoms with van der Waals surface area (Å²) < 4.78 is 2.15. The Morgan fingerprint density at radius 3 is 2.90 bits per heavy atom. The summed E-state index contributed by atoms with van der Waals surface area (Å²) in [5.74, 6) is 6.15. The first-order valence-corrected chi connectivity index (χ1v) is 3.21. The van der Waals surface area contributed by atoms with Gasteiger partial charge in [0.05, 0.1) is 19.6 Å². The molecule has 0 saturated carbocycles. The molecule has 0 aliphatic carbocycles. The van der Waals surface area contributed by atoms with Crippen LogP contribution in [0.1, 0.15) is 6.92 Å². The Morgan fingerprint density at radius 2 is 2.50 bits per heavy atom. The fourth-order valence-corrected chi connectivity index (χ4v) is 0.991. The summed E-state index contributed by atoms with van der Waals surface area (Å²) >= 11 is 0. The van der Waals surface area contributed by atoms with Gasteiger partial charge >= 0.3 is 5.96 Å². The zero-order valence-corrected chi connectivity index (χ0v) is 6.87. The molecule has 4 nitrogen and oxygen atoms in total. The van der Waals surface area contributed by atoms with E-state index >= 15 is 0 Å². The van der Waals surface area contributed by atoms with Crippen molar-refractivity contribution in [1.82, 2.24) is 10.7 Å². The summed E-state index contributed by atoms with van der Waals surface area (Å²) in [6, 6.07) is 0. The standard InChI is InChI=1S/C5H12N4.ClH/c1-2-9-4-3-7-5(9)8-6;/h2-4,6H2,1H3,(H,7,8);1H/p+1. The Kier molecular flexibility index (Phi) is 4.14. The molecule has 10 heavy (non-hydrogen) atoms. The summed E-state index contributed by atoms with van der Waals surface area (Å²) in [6.07, 6.45) is 0. The minimum Gasteiger partial charge on any atom is -0.273 e. The van der Waals surface area contributed by atoms with E-state index in [1.165, 1.54) is 0 Å². The molecule has 0 aromatic rings. The molecule has 0 aromatic carbocycles. The van der Waals surface area contributed by atoms with Crippen molar-refractivity contribution in [3.05, 3.63) is 0 Å². The number of hydrogen-bond donors (Lipinski definition) is 3. The number of nitrogens with two attached hydrogens (primary N) is 1. The van der Waals surface area contributed by atoms with Gasteiger partial charge in [-0.1, -0.05) is 0 Å². The molecule has 0 bridgehead atoms. The van der Waals surface area contributed by atoms with E-state index in [4.69, 9.17) is 5.84 Å². The van der Waals surface area contributed by atoms with Crippen molar-refractivity contribution < 1.29 is 4.58 Å². The number of nitrogens with zero attached hydrogens (tertiary/aromatic N) is 1. The van der Waals surface area contributed by atoms with Gasteiger partial charge < -0.3 is 0 Å². The SMILES string of the molecule is CC[N+]1=C(NN)NCC1.Cl. The van der Waals surface area contributed by atoms with E-state index in [9.17, 15) is 0 Å². The van der Waals surface area contributed by atoms with Gasteiger partial charge in [-0.25, -0.2) is 5.43 Å². The van der Waals surface area contributed by atoms with E-state index < -0.39 is 0 Å². The van der Waals surface area contributed by atoms with Gasteiger partial charge in [-0.05, 0) is 6.92 Å². The lowest BCUT2D eigenvalue weighted by Gasteiger charge is -1.96. The van der Waals surface area contributed by atoms with Crippen LogP contribution in [0, 0.1) is 0 Å². The molecule has 0 unspecified atom stereocenters. The minimum atomic E-state index is 0. The summed E-state index contributed by atoms with van der Waals surface area (Å²) in [5, 5.41) is 3.11. The number of hydrogen-bond acceptors (Lipinski definition) is 3. The summed E-state index contributed by atoms with van der Waals surface area (Å²) in [6.45, 7) is 5.15. The van der Waals surface area contributed by atoms with Crippen LogP contribution < -0.4 is 16.6 Å². The maximum Gasteiger partial charge on any atom is 0.362 e. The van der Waals surface area contributed by atoms with Gasteiger partial charge in [-0.15, -0.1) is 12.4 Å². The fraction of sp³-hybridized carbons (Fsp3) is 0.800. The van der Waals surface area contributed by atoms with Gasteiger partial charge in [0.25, 0.3) is 0 Å². The monoisotopic (exact) mass is 165 g/mol. The molecule has 4 N–H and O–H groups in total. The number of hydrazine groups is 1. The molecule has 60 valence electrons. The molecule has 5 heteroatoms. The van der Waals surface area contributed by atoms with Crippen LogP contribution in [-0.2, 0) is 0 Å². The Morgan fingerprint density at radius 1 is 1.80 bits per heavy atom. The highest BCUT2D eigenvalue weighted by Crippen LogP contribution is 1.81. The van der Waals surface area contributed by atoms with Crippen molar-refractivity contribution in [1.29, 1.82) is 0 Å². The molecule has 0 saturated heterocycles. The second kappa shape index (κ2) is 4.35. The molecular formula is C5H14ClN4+. The summed E-state index contributed by atoms with van der Waals surface area (Å²) in [5.41, 5.74) is 2.60. The lowest BCUT2D eigenvalue weighted by molar-refractivity contribution is -0.516. The van der Waals surface area contributed by atoms with E-state index in [0.717, 1.165) is 25.6 Å². The lowest BCUT2D eigenvalue weighted by Crippen LogP contribution is -2.42. The molecule has 0 atom stereocenters. The third-order valence-electron chi connectivity index (χ3n) is 1.51. The largest absolute Gasteiger partial charge is 0.362 e. The molecule has 0 radical (unpaired) electrons. The number of guanidine groups is 1. The minimum absolute atomic E-state index is 0. The predicted molar refractivity (Wildman–Crippen MR) is 43.2 cm³/mol. The van der Waals surface area contributed by atoms with Gasteiger partial charge in [0, 0.05) is 0 Å². The molecule has 0 amide bonds. The number of nitrogens with one attached hydrogen (secondary N) is 2. The van der Waals surface area contributed by atoms with Gasteiger partial charge in [-0.2, -0.15) is 5.84 Å². The third-order valence-corrected chi connectivity index (χ3v) is 1.51. The van der Waals surface area contributed by atoms with Crippen molar-refractivity contribution in [2.75, 3.05) is 19.6 Å². The average molecular weight is 166 g/mol. The van der Waals surface area contributed by atoms with Gasteiger partial charge in [0.1, 0.15) is 0 Å². The number of halogens is 1. The highest BCUT2D eigenvalue weighted by molar-refractivity contribution is 5.85. The van der Waals surface area contributed by atoms with Crippen molar-refractivity contribution in [3.8, 4) is 0 Å². The van der Waals surface area contributed by atoms with E-state index in [-0.39, 0.29) is 12.4 Å². The second-order valence-corrected chi connectivity index (χ2v) is 2.00. The van der Waals surface area contributed by atoms with E-state index in [1.54, 1.807) is 0 Å². The highest BCUT2D eigenvalue weighted by Gasteiger charge is 2.15. The Labute approximate surface area is 66.9 Å². The van der Waals surface area contributed by atoms with E-state index in [1.807, 2.05) is 0 Å². The first-order chi connectivity index (χ1) is 4.38. The molecule has 0 fully saturated rings. The van der Waals surface area contributed by atoms with Crippen LogP contribution in [0.5, 0.6) is 0 Å². The Bertz CT molecular complexity index is 120. The summed E-state index contributed by atoms with van der Waals surface area (Å²) in [7, 11) is 0. The molecule has 0 aromatic heterocycles. The van der Waals surface area contributed by atoms with Crippen molar-refractivity contribution >= 4 is 18.4 Å². The summed E-state index contributed by atoms with van der Waals surface area (Å²) in [4.78, 5) is 0. The normalized spacial score (nSPS) is 16.2. The number of rotatable bonds is 1. The van der Waals surface area contributed by atoms with Gasteiger partial charge in [0.15, 0.2) is 0 Å². The first kappa shape index (κ1) is 9.52. The lowest BCUT2D eigenvalue weighted by atomic mass is 10.6. The first-order valence-electron chi connectivity index (χ1n) is 3.21. The van der Waals surface area contributed by atoms with Crippen molar-refractivity contribution in [2.24, 2.45) is 5.84 Å². The highest BCUT2D eigenvalue weighted by atomic mass is 35.5. The van der Waals surface area contributed by atoms with Crippen molar-refractivity contribution in [2.45, 2.75) is 6.92 Å². The van der Waals surface area contributed by atoms with Crippen LogP contribution >= 0.6 is 12.4 Å².